The number of rotatable bonds is 4. The molecule has 0 fully saturated rings. The number of hydrogen-bond donors (Lipinski definition) is 2. The van der Waals surface area contributed by atoms with Crippen molar-refractivity contribution < 1.29 is 19.4 Å². The van der Waals surface area contributed by atoms with E-state index in [-0.39, 0.29) is 17.2 Å². The van der Waals surface area contributed by atoms with E-state index in [9.17, 15) is 14.7 Å². The van der Waals surface area contributed by atoms with Gasteiger partial charge >= 0.3 is 5.97 Å². The Hall–Kier alpha value is -2.56. The van der Waals surface area contributed by atoms with Crippen molar-refractivity contribution in [3.05, 3.63) is 42.0 Å². The molecule has 0 radical (unpaired) electrons. The zero-order valence-electron chi connectivity index (χ0n) is 11.2. The lowest BCUT2D eigenvalue weighted by atomic mass is 10.1. The van der Waals surface area contributed by atoms with Gasteiger partial charge in [-0.1, -0.05) is 24.3 Å². The van der Waals surface area contributed by atoms with Gasteiger partial charge in [0.05, 0.1) is 0 Å². The fraction of sp³-hybridized carbons (Fsp3) is 0.200. The number of fused-ring (bicyclic) bond motifs is 1. The summed E-state index contributed by atoms with van der Waals surface area (Å²) >= 11 is 0. The maximum Gasteiger partial charge on any atom is 0.339 e. The van der Waals surface area contributed by atoms with Crippen LogP contribution in [0.2, 0.25) is 0 Å². The summed E-state index contributed by atoms with van der Waals surface area (Å²) in [6.45, 7) is 1.57. The number of hydrogen-bond acceptors (Lipinski definition) is 3. The average molecular weight is 273 g/mol. The van der Waals surface area contributed by atoms with Gasteiger partial charge in [0.1, 0.15) is 11.3 Å². The molecule has 0 aliphatic rings. The lowest BCUT2D eigenvalue weighted by Crippen LogP contribution is -2.34. The highest BCUT2D eigenvalue weighted by molar-refractivity contribution is 5.98. The van der Waals surface area contributed by atoms with Crippen LogP contribution in [-0.4, -0.2) is 30.1 Å². The molecule has 20 heavy (non-hydrogen) atoms. The first kappa shape index (κ1) is 13.9. The quantitative estimate of drug-likeness (QED) is 0.894. The lowest BCUT2D eigenvalue weighted by Gasteiger charge is -2.15. The van der Waals surface area contributed by atoms with Gasteiger partial charge in [0, 0.05) is 7.05 Å². The summed E-state index contributed by atoms with van der Waals surface area (Å²) in [6, 6.07) is 10.6. The number of amides is 1. The Morgan fingerprint density at radius 3 is 2.35 bits per heavy atom. The Morgan fingerprint density at radius 1 is 1.20 bits per heavy atom. The number of nitrogens with one attached hydrogen (secondary N) is 1. The van der Waals surface area contributed by atoms with E-state index in [0.29, 0.717) is 0 Å². The van der Waals surface area contributed by atoms with Gasteiger partial charge in [0.2, 0.25) is 0 Å². The fourth-order valence-electron chi connectivity index (χ4n) is 1.93. The van der Waals surface area contributed by atoms with Crippen LogP contribution in [0.4, 0.5) is 0 Å². The molecule has 2 aromatic carbocycles. The van der Waals surface area contributed by atoms with Crippen molar-refractivity contribution in [2.75, 3.05) is 7.05 Å². The average Bonchev–Trinajstić information content (AvgIpc) is 2.45. The highest BCUT2D eigenvalue weighted by Crippen LogP contribution is 2.27. The molecule has 5 nitrogen and oxygen atoms in total. The zero-order chi connectivity index (χ0) is 14.7. The second kappa shape index (κ2) is 5.61. The first-order valence-corrected chi connectivity index (χ1v) is 6.17. The zero-order valence-corrected chi connectivity index (χ0v) is 11.2. The molecule has 2 rings (SSSR count). The van der Waals surface area contributed by atoms with Crippen LogP contribution >= 0.6 is 0 Å². The molecule has 1 atom stereocenters. The number of carbonyl (C=O) groups is 2. The molecule has 0 saturated heterocycles. The van der Waals surface area contributed by atoms with E-state index >= 15 is 0 Å². The van der Waals surface area contributed by atoms with Crippen LogP contribution in [0.15, 0.2) is 36.4 Å². The highest BCUT2D eigenvalue weighted by atomic mass is 16.5. The predicted octanol–water partition coefficient (Wildman–Crippen LogP) is 2.05. The molecule has 0 aliphatic carbocycles. The fourth-order valence-corrected chi connectivity index (χ4v) is 1.93. The summed E-state index contributed by atoms with van der Waals surface area (Å²) in [6.07, 6.45) is -0.765. The number of benzene rings is 2. The highest BCUT2D eigenvalue weighted by Gasteiger charge is 2.18. The van der Waals surface area contributed by atoms with Crippen molar-refractivity contribution in [1.29, 1.82) is 0 Å². The molecule has 0 spiro atoms. The summed E-state index contributed by atoms with van der Waals surface area (Å²) in [5, 5.41) is 13.4. The summed E-state index contributed by atoms with van der Waals surface area (Å²) in [5.41, 5.74) is 0.0412. The van der Waals surface area contributed by atoms with E-state index in [1.54, 1.807) is 19.1 Å². The Bertz CT molecular complexity index is 666. The van der Waals surface area contributed by atoms with Crippen LogP contribution in [0.5, 0.6) is 5.75 Å². The Balaban J connectivity index is 2.47. The third-order valence-electron chi connectivity index (χ3n) is 3.00. The molecule has 2 aromatic rings. The van der Waals surface area contributed by atoms with E-state index in [4.69, 9.17) is 4.74 Å². The standard InChI is InChI=1S/C15H15NO4/c1-9(14(17)16-2)20-13-8-11-6-4-3-5-10(11)7-12(13)15(18)19/h3-9H,1-2H3,(H,16,17)(H,18,19). The summed E-state index contributed by atoms with van der Waals surface area (Å²) in [4.78, 5) is 22.8. The monoisotopic (exact) mass is 273 g/mol. The SMILES string of the molecule is CNC(=O)C(C)Oc1cc2ccccc2cc1C(=O)O. The molecule has 1 unspecified atom stereocenters. The largest absolute Gasteiger partial charge is 0.480 e. The van der Waals surface area contributed by atoms with Gasteiger partial charge in [-0.3, -0.25) is 4.79 Å². The normalized spacial score (nSPS) is 11.9. The summed E-state index contributed by atoms with van der Waals surface area (Å²) < 4.78 is 5.47. The third kappa shape index (κ3) is 2.71. The van der Waals surface area contributed by atoms with E-state index in [0.717, 1.165) is 10.8 Å². The second-order valence-electron chi connectivity index (χ2n) is 4.38. The van der Waals surface area contributed by atoms with Crippen LogP contribution < -0.4 is 10.1 Å². The Morgan fingerprint density at radius 2 is 1.80 bits per heavy atom. The van der Waals surface area contributed by atoms with Crippen LogP contribution in [0.25, 0.3) is 10.8 Å². The predicted molar refractivity (Wildman–Crippen MR) is 75.1 cm³/mol. The molecule has 2 N–H and O–H groups in total. The van der Waals surface area contributed by atoms with Crippen molar-refractivity contribution in [3.8, 4) is 5.75 Å². The van der Waals surface area contributed by atoms with Crippen LogP contribution in [0, 0.1) is 0 Å². The van der Waals surface area contributed by atoms with Crippen molar-refractivity contribution >= 4 is 22.6 Å². The molecule has 0 aromatic heterocycles. The van der Waals surface area contributed by atoms with Gasteiger partial charge in [0.15, 0.2) is 6.10 Å². The number of carboxylic acids is 1. The third-order valence-corrected chi connectivity index (χ3v) is 3.00. The topological polar surface area (TPSA) is 75.6 Å². The van der Waals surface area contributed by atoms with Crippen molar-refractivity contribution in [2.45, 2.75) is 13.0 Å². The van der Waals surface area contributed by atoms with Crippen molar-refractivity contribution in [3.63, 3.8) is 0 Å². The van der Waals surface area contributed by atoms with Gasteiger partial charge in [0.25, 0.3) is 5.91 Å². The summed E-state index contributed by atoms with van der Waals surface area (Å²) in [5.74, 6) is -1.21. The van der Waals surface area contributed by atoms with Crippen LogP contribution in [-0.2, 0) is 4.79 Å². The van der Waals surface area contributed by atoms with E-state index < -0.39 is 12.1 Å². The minimum absolute atomic E-state index is 0.0412. The summed E-state index contributed by atoms with van der Waals surface area (Å²) in [7, 11) is 1.50. The molecular formula is C15H15NO4. The maximum atomic E-state index is 11.5. The number of carbonyl (C=O) groups excluding carboxylic acids is 1. The number of carboxylic acid groups (broad SMARTS) is 1. The number of likely N-dealkylation sites (N-methyl/N-ethyl adjacent to an activating group) is 1. The smallest absolute Gasteiger partial charge is 0.339 e. The van der Waals surface area contributed by atoms with Gasteiger partial charge in [-0.25, -0.2) is 4.79 Å². The Labute approximate surface area is 116 Å². The van der Waals surface area contributed by atoms with Crippen molar-refractivity contribution in [2.24, 2.45) is 0 Å². The first-order valence-electron chi connectivity index (χ1n) is 6.17. The van der Waals surface area contributed by atoms with Gasteiger partial charge in [-0.15, -0.1) is 0 Å². The molecule has 0 saturated carbocycles. The molecule has 5 heteroatoms. The molecule has 0 heterocycles. The van der Waals surface area contributed by atoms with Gasteiger partial charge in [-0.05, 0) is 29.8 Å². The molecule has 0 aliphatic heterocycles. The number of ether oxygens (including phenoxy) is 1. The van der Waals surface area contributed by atoms with Crippen LogP contribution in [0.1, 0.15) is 17.3 Å². The minimum Gasteiger partial charge on any atom is -0.480 e. The number of aromatic carboxylic acids is 1. The first-order chi connectivity index (χ1) is 9.52. The lowest BCUT2D eigenvalue weighted by molar-refractivity contribution is -0.126. The molecule has 1 amide bonds. The van der Waals surface area contributed by atoms with Crippen molar-refractivity contribution in [1.82, 2.24) is 5.32 Å². The van der Waals surface area contributed by atoms with E-state index in [1.807, 2.05) is 24.3 Å². The maximum absolute atomic E-state index is 11.5. The molecule has 104 valence electrons. The minimum atomic E-state index is -1.09. The Kier molecular flexibility index (Phi) is 3.89. The van der Waals surface area contributed by atoms with Gasteiger partial charge < -0.3 is 15.2 Å². The van der Waals surface area contributed by atoms with E-state index in [1.165, 1.54) is 7.05 Å². The molecular weight excluding hydrogens is 258 g/mol. The van der Waals surface area contributed by atoms with Gasteiger partial charge in [-0.2, -0.15) is 0 Å². The molecule has 0 bridgehead atoms. The van der Waals surface area contributed by atoms with E-state index in [2.05, 4.69) is 5.32 Å². The second-order valence-corrected chi connectivity index (χ2v) is 4.38. The van der Waals surface area contributed by atoms with Crippen LogP contribution in [0.3, 0.4) is 0 Å².